The van der Waals surface area contributed by atoms with E-state index in [2.05, 4.69) is 10.3 Å². The summed E-state index contributed by atoms with van der Waals surface area (Å²) in [6, 6.07) is -0.652. The highest BCUT2D eigenvalue weighted by Gasteiger charge is 2.19. The van der Waals surface area contributed by atoms with Crippen LogP contribution in [0.3, 0.4) is 0 Å². The largest absolute Gasteiger partial charge is 0.480 e. The number of hydrogen-bond donors (Lipinski definition) is 2. The van der Waals surface area contributed by atoms with Crippen molar-refractivity contribution in [3.63, 3.8) is 0 Å². The molecular weight excluding hydrogens is 250 g/mol. The number of hydrogen-bond acceptors (Lipinski definition) is 4. The van der Waals surface area contributed by atoms with Crippen molar-refractivity contribution in [2.45, 2.75) is 39.8 Å². The number of carbonyl (C=O) groups is 2. The first-order valence-electron chi connectivity index (χ1n) is 6.13. The minimum absolute atomic E-state index is 0.141. The minimum atomic E-state index is -1.05. The van der Waals surface area contributed by atoms with Crippen molar-refractivity contribution in [3.05, 3.63) is 17.8 Å². The topological polar surface area (TPSA) is 95.7 Å². The van der Waals surface area contributed by atoms with E-state index < -0.39 is 12.0 Å². The maximum atomic E-state index is 11.9. The highest BCUT2D eigenvalue weighted by molar-refractivity contribution is 5.80. The molecule has 0 saturated carbocycles. The number of urea groups is 1. The fourth-order valence-electron chi connectivity index (χ4n) is 1.48. The first kappa shape index (κ1) is 15.0. The fraction of sp³-hybridized carbons (Fsp3) is 0.583. The first-order chi connectivity index (χ1) is 8.93. The molecule has 2 amide bonds. The van der Waals surface area contributed by atoms with Gasteiger partial charge in [0, 0.05) is 12.5 Å². The monoisotopic (exact) mass is 269 g/mol. The summed E-state index contributed by atoms with van der Waals surface area (Å²) in [4.78, 5) is 27.8. The summed E-state index contributed by atoms with van der Waals surface area (Å²) >= 11 is 0. The van der Waals surface area contributed by atoms with Gasteiger partial charge in [-0.05, 0) is 13.8 Å². The molecule has 0 radical (unpaired) electrons. The van der Waals surface area contributed by atoms with E-state index in [1.165, 1.54) is 4.90 Å². The van der Waals surface area contributed by atoms with E-state index in [4.69, 9.17) is 9.52 Å². The van der Waals surface area contributed by atoms with Gasteiger partial charge in [-0.2, -0.15) is 0 Å². The van der Waals surface area contributed by atoms with Crippen LogP contribution in [-0.4, -0.2) is 39.6 Å². The Labute approximate surface area is 111 Å². The molecule has 1 heterocycles. The van der Waals surface area contributed by atoms with Crippen molar-refractivity contribution in [1.82, 2.24) is 15.2 Å². The number of aliphatic carboxylic acids is 1. The van der Waals surface area contributed by atoms with Crippen LogP contribution >= 0.6 is 0 Å². The second kappa shape index (κ2) is 6.77. The van der Waals surface area contributed by atoms with E-state index in [0.29, 0.717) is 5.89 Å². The molecule has 0 unspecified atom stereocenters. The second-order valence-corrected chi connectivity index (χ2v) is 4.35. The molecular formula is C12H19N3O4. The lowest BCUT2D eigenvalue weighted by molar-refractivity contribution is -0.138. The smallest absolute Gasteiger partial charge is 0.323 e. The standard InChI is InChI=1S/C12H19N3O4/c1-4-9-5-13-10(19-9)6-14-12(18)15(8(2)3)7-11(16)17/h5,8H,4,6-7H2,1-3H3,(H,14,18)(H,16,17). The Kier molecular flexibility index (Phi) is 5.35. The minimum Gasteiger partial charge on any atom is -0.480 e. The van der Waals surface area contributed by atoms with Crippen LogP contribution < -0.4 is 5.32 Å². The Morgan fingerprint density at radius 3 is 2.68 bits per heavy atom. The maximum Gasteiger partial charge on any atom is 0.323 e. The molecule has 0 aliphatic rings. The highest BCUT2D eigenvalue weighted by Crippen LogP contribution is 2.04. The number of carboxylic acids is 1. The van der Waals surface area contributed by atoms with Gasteiger partial charge >= 0.3 is 12.0 Å². The summed E-state index contributed by atoms with van der Waals surface area (Å²) in [5.41, 5.74) is 0. The zero-order valence-electron chi connectivity index (χ0n) is 11.3. The molecule has 0 fully saturated rings. The average molecular weight is 269 g/mol. The van der Waals surface area contributed by atoms with Gasteiger partial charge in [-0.3, -0.25) is 4.79 Å². The number of aromatic nitrogens is 1. The zero-order chi connectivity index (χ0) is 14.4. The van der Waals surface area contributed by atoms with Crippen LogP contribution in [-0.2, 0) is 17.8 Å². The second-order valence-electron chi connectivity index (χ2n) is 4.35. The number of amides is 2. The third-order valence-electron chi connectivity index (χ3n) is 2.53. The number of nitrogens with zero attached hydrogens (tertiary/aromatic N) is 2. The lowest BCUT2D eigenvalue weighted by Gasteiger charge is -2.24. The maximum absolute atomic E-state index is 11.9. The van der Waals surface area contributed by atoms with Crippen molar-refractivity contribution in [2.24, 2.45) is 0 Å². The molecule has 2 N–H and O–H groups in total. The zero-order valence-corrected chi connectivity index (χ0v) is 11.3. The lowest BCUT2D eigenvalue weighted by Crippen LogP contribution is -2.46. The molecule has 0 saturated heterocycles. The summed E-state index contributed by atoms with van der Waals surface area (Å²) < 4.78 is 5.34. The van der Waals surface area contributed by atoms with E-state index in [1.807, 2.05) is 6.92 Å². The number of carbonyl (C=O) groups excluding carboxylic acids is 1. The van der Waals surface area contributed by atoms with Gasteiger partial charge in [0.2, 0.25) is 5.89 Å². The third kappa shape index (κ3) is 4.61. The van der Waals surface area contributed by atoms with Crippen LogP contribution in [0.25, 0.3) is 0 Å². The van der Waals surface area contributed by atoms with Gasteiger partial charge < -0.3 is 19.7 Å². The van der Waals surface area contributed by atoms with E-state index in [-0.39, 0.29) is 19.1 Å². The van der Waals surface area contributed by atoms with Gasteiger partial charge in [0.05, 0.1) is 12.7 Å². The average Bonchev–Trinajstić information content (AvgIpc) is 2.80. The quantitative estimate of drug-likeness (QED) is 0.810. The normalized spacial score (nSPS) is 10.5. The van der Waals surface area contributed by atoms with E-state index in [1.54, 1.807) is 20.0 Å². The van der Waals surface area contributed by atoms with Crippen molar-refractivity contribution in [1.29, 1.82) is 0 Å². The van der Waals surface area contributed by atoms with E-state index >= 15 is 0 Å². The van der Waals surface area contributed by atoms with Crippen molar-refractivity contribution < 1.29 is 19.1 Å². The SMILES string of the molecule is CCc1cnc(CNC(=O)N(CC(=O)O)C(C)C)o1. The summed E-state index contributed by atoms with van der Waals surface area (Å²) in [5.74, 6) is 0.105. The van der Waals surface area contributed by atoms with Crippen LogP contribution in [0, 0.1) is 0 Å². The molecule has 0 aliphatic carbocycles. The summed E-state index contributed by atoms with van der Waals surface area (Å²) in [6.45, 7) is 5.25. The van der Waals surface area contributed by atoms with Gasteiger partial charge in [-0.25, -0.2) is 9.78 Å². The molecule has 0 spiro atoms. The number of nitrogens with one attached hydrogen (secondary N) is 1. The fourth-order valence-corrected chi connectivity index (χ4v) is 1.48. The molecule has 1 rings (SSSR count). The van der Waals surface area contributed by atoms with Gasteiger partial charge in [-0.15, -0.1) is 0 Å². The Bertz CT molecular complexity index is 442. The number of oxazole rings is 1. The summed E-state index contributed by atoms with van der Waals surface area (Å²) in [7, 11) is 0. The first-order valence-corrected chi connectivity index (χ1v) is 6.13. The van der Waals surface area contributed by atoms with Crippen LogP contribution in [0.2, 0.25) is 0 Å². The molecule has 106 valence electrons. The van der Waals surface area contributed by atoms with Gasteiger partial charge in [0.1, 0.15) is 12.3 Å². The van der Waals surface area contributed by atoms with Crippen LogP contribution in [0.1, 0.15) is 32.4 Å². The molecule has 19 heavy (non-hydrogen) atoms. The number of rotatable bonds is 6. The summed E-state index contributed by atoms with van der Waals surface area (Å²) in [6.07, 6.45) is 2.34. The molecule has 1 aromatic heterocycles. The Morgan fingerprint density at radius 1 is 1.53 bits per heavy atom. The van der Waals surface area contributed by atoms with Crippen LogP contribution in [0.15, 0.2) is 10.6 Å². The molecule has 0 aromatic carbocycles. The van der Waals surface area contributed by atoms with Crippen molar-refractivity contribution in [3.8, 4) is 0 Å². The predicted molar refractivity (Wildman–Crippen MR) is 67.6 cm³/mol. The van der Waals surface area contributed by atoms with E-state index in [9.17, 15) is 9.59 Å². The molecule has 0 atom stereocenters. The third-order valence-corrected chi connectivity index (χ3v) is 2.53. The molecule has 1 aromatic rings. The van der Waals surface area contributed by atoms with Crippen molar-refractivity contribution in [2.75, 3.05) is 6.54 Å². The Morgan fingerprint density at radius 2 is 2.21 bits per heavy atom. The lowest BCUT2D eigenvalue weighted by atomic mass is 10.3. The Hall–Kier alpha value is -2.05. The van der Waals surface area contributed by atoms with Crippen molar-refractivity contribution >= 4 is 12.0 Å². The highest BCUT2D eigenvalue weighted by atomic mass is 16.4. The van der Waals surface area contributed by atoms with Gasteiger partial charge in [0.15, 0.2) is 0 Å². The summed E-state index contributed by atoms with van der Waals surface area (Å²) in [5, 5.41) is 11.3. The van der Waals surface area contributed by atoms with Crippen LogP contribution in [0.4, 0.5) is 4.79 Å². The van der Waals surface area contributed by atoms with Gasteiger partial charge in [-0.1, -0.05) is 6.92 Å². The molecule has 7 nitrogen and oxygen atoms in total. The predicted octanol–water partition coefficient (Wildman–Crippen LogP) is 1.24. The number of carboxylic acid groups (broad SMARTS) is 1. The Balaban J connectivity index is 2.54. The number of aryl methyl sites for hydroxylation is 1. The molecule has 7 heteroatoms. The molecule has 0 bridgehead atoms. The van der Waals surface area contributed by atoms with Crippen LogP contribution in [0.5, 0.6) is 0 Å². The van der Waals surface area contributed by atoms with Gasteiger partial charge in [0.25, 0.3) is 0 Å². The van der Waals surface area contributed by atoms with E-state index in [0.717, 1.165) is 12.2 Å². The molecule has 0 aliphatic heterocycles.